The average molecular weight is 281 g/mol. The maximum Gasteiger partial charge on any atom is 0.223 e. The minimum atomic E-state index is -0.305. The molecule has 2 fully saturated rings. The highest BCUT2D eigenvalue weighted by molar-refractivity contribution is 5.91. The predicted octanol–water partition coefficient (Wildman–Crippen LogP) is 2.23. The van der Waals surface area contributed by atoms with Crippen LogP contribution in [0.15, 0.2) is 5.16 Å². The predicted molar refractivity (Wildman–Crippen MR) is 78.4 cm³/mol. The smallest absolute Gasteiger partial charge is 0.223 e. The van der Waals surface area contributed by atoms with Gasteiger partial charge in [-0.2, -0.15) is 0 Å². The highest BCUT2D eigenvalue weighted by Crippen LogP contribution is 2.32. The Morgan fingerprint density at radius 2 is 1.90 bits per heavy atom. The van der Waals surface area contributed by atoms with Crippen molar-refractivity contribution in [2.24, 2.45) is 28.6 Å². The van der Waals surface area contributed by atoms with Crippen LogP contribution in [0.5, 0.6) is 0 Å². The monoisotopic (exact) mass is 281 g/mol. The van der Waals surface area contributed by atoms with Crippen molar-refractivity contribution in [2.75, 3.05) is 0 Å². The van der Waals surface area contributed by atoms with Crippen LogP contribution < -0.4 is 11.1 Å². The van der Waals surface area contributed by atoms with Gasteiger partial charge >= 0.3 is 0 Å². The number of hydrogen-bond acceptors (Lipinski definition) is 3. The highest BCUT2D eigenvalue weighted by Gasteiger charge is 2.34. The number of carbonyl (C=O) groups excluding carboxylic acids is 1. The molecule has 5 nitrogen and oxygen atoms in total. The van der Waals surface area contributed by atoms with E-state index in [2.05, 4.69) is 17.4 Å². The zero-order chi connectivity index (χ0) is 14.5. The molecule has 0 aliphatic heterocycles. The van der Waals surface area contributed by atoms with Gasteiger partial charge in [-0.15, -0.1) is 0 Å². The fourth-order valence-corrected chi connectivity index (χ4v) is 3.76. The molecule has 0 aromatic rings. The number of rotatable bonds is 4. The molecule has 2 rings (SSSR count). The molecular formula is C15H27N3O2. The fraction of sp³-hybridized carbons (Fsp3) is 0.867. The SMILES string of the molecule is CC1CCCC1C(=O)NC(C(N)=NO)C1CCCCC1. The molecule has 0 aromatic heterocycles. The summed E-state index contributed by atoms with van der Waals surface area (Å²) in [7, 11) is 0. The van der Waals surface area contributed by atoms with Gasteiger partial charge in [-0.1, -0.05) is 37.8 Å². The lowest BCUT2D eigenvalue weighted by molar-refractivity contribution is -0.126. The summed E-state index contributed by atoms with van der Waals surface area (Å²) in [6, 6.07) is -0.305. The van der Waals surface area contributed by atoms with E-state index in [1.54, 1.807) is 0 Å². The first kappa shape index (κ1) is 15.1. The van der Waals surface area contributed by atoms with E-state index in [0.29, 0.717) is 11.8 Å². The lowest BCUT2D eigenvalue weighted by Crippen LogP contribution is -2.51. The Labute approximate surface area is 121 Å². The molecular weight excluding hydrogens is 254 g/mol. The highest BCUT2D eigenvalue weighted by atomic mass is 16.4. The van der Waals surface area contributed by atoms with Crippen LogP contribution in [0.4, 0.5) is 0 Å². The molecule has 0 bridgehead atoms. The molecule has 114 valence electrons. The van der Waals surface area contributed by atoms with Gasteiger partial charge in [0.1, 0.15) is 0 Å². The van der Waals surface area contributed by atoms with Crippen molar-refractivity contribution in [3.63, 3.8) is 0 Å². The number of oxime groups is 1. The summed E-state index contributed by atoms with van der Waals surface area (Å²) in [6.45, 7) is 2.14. The Balaban J connectivity index is 2.01. The number of carbonyl (C=O) groups is 1. The van der Waals surface area contributed by atoms with Gasteiger partial charge in [-0.05, 0) is 37.5 Å². The summed E-state index contributed by atoms with van der Waals surface area (Å²) in [6.07, 6.45) is 8.86. The van der Waals surface area contributed by atoms with E-state index >= 15 is 0 Å². The van der Waals surface area contributed by atoms with Crippen molar-refractivity contribution in [3.05, 3.63) is 0 Å². The van der Waals surface area contributed by atoms with E-state index in [0.717, 1.165) is 44.9 Å². The van der Waals surface area contributed by atoms with E-state index in [9.17, 15) is 4.79 Å². The fourth-order valence-electron chi connectivity index (χ4n) is 3.76. The molecule has 3 atom stereocenters. The van der Waals surface area contributed by atoms with Crippen molar-refractivity contribution in [3.8, 4) is 0 Å². The summed E-state index contributed by atoms with van der Waals surface area (Å²) in [4.78, 5) is 12.4. The summed E-state index contributed by atoms with van der Waals surface area (Å²) < 4.78 is 0. The number of hydrogen-bond donors (Lipinski definition) is 3. The van der Waals surface area contributed by atoms with Crippen LogP contribution >= 0.6 is 0 Å². The first-order valence-electron chi connectivity index (χ1n) is 7.91. The van der Waals surface area contributed by atoms with Crippen molar-refractivity contribution in [1.29, 1.82) is 0 Å². The average Bonchev–Trinajstić information content (AvgIpc) is 2.91. The Morgan fingerprint density at radius 3 is 2.45 bits per heavy atom. The lowest BCUT2D eigenvalue weighted by atomic mass is 9.83. The van der Waals surface area contributed by atoms with Gasteiger partial charge in [0.15, 0.2) is 5.84 Å². The molecule has 0 radical (unpaired) electrons. The number of nitrogens with one attached hydrogen (secondary N) is 1. The third kappa shape index (κ3) is 3.44. The first-order chi connectivity index (χ1) is 9.63. The topological polar surface area (TPSA) is 87.7 Å². The quantitative estimate of drug-likeness (QED) is 0.319. The third-order valence-corrected chi connectivity index (χ3v) is 5.05. The molecule has 2 aliphatic rings. The summed E-state index contributed by atoms with van der Waals surface area (Å²) in [5.74, 6) is 1.07. The molecule has 0 spiro atoms. The number of nitrogens with two attached hydrogens (primary N) is 1. The zero-order valence-electron chi connectivity index (χ0n) is 12.3. The van der Waals surface area contributed by atoms with Crippen LogP contribution in [0.3, 0.4) is 0 Å². The maximum atomic E-state index is 12.4. The van der Waals surface area contributed by atoms with Crippen molar-refractivity contribution in [2.45, 2.75) is 64.3 Å². The molecule has 3 unspecified atom stereocenters. The van der Waals surface area contributed by atoms with Gasteiger partial charge in [0.25, 0.3) is 0 Å². The van der Waals surface area contributed by atoms with Gasteiger partial charge in [-0.3, -0.25) is 4.79 Å². The molecule has 2 saturated carbocycles. The van der Waals surface area contributed by atoms with Crippen molar-refractivity contribution in [1.82, 2.24) is 5.32 Å². The molecule has 1 amide bonds. The second-order valence-corrected chi connectivity index (χ2v) is 6.42. The van der Waals surface area contributed by atoms with Crippen LogP contribution in [0.1, 0.15) is 58.3 Å². The number of nitrogens with zero attached hydrogens (tertiary/aromatic N) is 1. The summed E-state index contributed by atoms with van der Waals surface area (Å²) in [5, 5.41) is 15.2. The van der Waals surface area contributed by atoms with E-state index in [1.165, 1.54) is 6.42 Å². The van der Waals surface area contributed by atoms with Gasteiger partial charge in [0.05, 0.1) is 6.04 Å². The Kier molecular flexibility index (Phi) is 5.26. The standard InChI is InChI=1S/C15H27N3O2/c1-10-6-5-9-12(10)15(19)17-13(14(16)18-20)11-7-3-2-4-8-11/h10-13,20H,2-9H2,1H3,(H2,16,18)(H,17,19). The van der Waals surface area contributed by atoms with Crippen molar-refractivity contribution < 1.29 is 10.0 Å². The largest absolute Gasteiger partial charge is 0.409 e. The first-order valence-corrected chi connectivity index (χ1v) is 7.91. The molecule has 2 aliphatic carbocycles. The molecule has 20 heavy (non-hydrogen) atoms. The van der Waals surface area contributed by atoms with Gasteiger partial charge in [0, 0.05) is 5.92 Å². The Bertz CT molecular complexity index is 364. The van der Waals surface area contributed by atoms with Crippen LogP contribution in [-0.4, -0.2) is 23.0 Å². The molecule has 0 heterocycles. The number of amidine groups is 1. The number of amides is 1. The van der Waals surface area contributed by atoms with E-state index < -0.39 is 0 Å². The van der Waals surface area contributed by atoms with Gasteiger partial charge < -0.3 is 16.3 Å². The van der Waals surface area contributed by atoms with Crippen LogP contribution in [-0.2, 0) is 4.79 Å². The van der Waals surface area contributed by atoms with Gasteiger partial charge in [0.2, 0.25) is 5.91 Å². The normalized spacial score (nSPS) is 30.1. The van der Waals surface area contributed by atoms with Crippen molar-refractivity contribution >= 4 is 11.7 Å². The lowest BCUT2D eigenvalue weighted by Gasteiger charge is -2.31. The Hall–Kier alpha value is -1.26. The summed E-state index contributed by atoms with van der Waals surface area (Å²) in [5.41, 5.74) is 5.81. The molecule has 0 saturated heterocycles. The van der Waals surface area contributed by atoms with Crippen LogP contribution in [0.25, 0.3) is 0 Å². The second kappa shape index (κ2) is 6.95. The third-order valence-electron chi connectivity index (χ3n) is 5.05. The Morgan fingerprint density at radius 1 is 1.20 bits per heavy atom. The minimum absolute atomic E-state index is 0.0807. The van der Waals surface area contributed by atoms with E-state index in [1.807, 2.05) is 0 Å². The molecule has 4 N–H and O–H groups in total. The minimum Gasteiger partial charge on any atom is -0.409 e. The zero-order valence-corrected chi connectivity index (χ0v) is 12.3. The molecule has 5 heteroatoms. The van der Waals surface area contributed by atoms with E-state index in [4.69, 9.17) is 10.9 Å². The second-order valence-electron chi connectivity index (χ2n) is 6.42. The summed E-state index contributed by atoms with van der Waals surface area (Å²) >= 11 is 0. The van der Waals surface area contributed by atoms with Crippen LogP contribution in [0.2, 0.25) is 0 Å². The molecule has 0 aromatic carbocycles. The van der Waals surface area contributed by atoms with Crippen LogP contribution in [0, 0.1) is 17.8 Å². The maximum absolute atomic E-state index is 12.4. The van der Waals surface area contributed by atoms with E-state index in [-0.39, 0.29) is 23.7 Å². The van der Waals surface area contributed by atoms with Gasteiger partial charge in [-0.25, -0.2) is 0 Å².